The molecule has 2 heteroatoms. The molecule has 0 spiro atoms. The van der Waals surface area contributed by atoms with Crippen molar-refractivity contribution >= 4 is 5.78 Å². The van der Waals surface area contributed by atoms with Gasteiger partial charge in [-0.05, 0) is 37.9 Å². The van der Waals surface area contributed by atoms with E-state index in [0.29, 0.717) is 0 Å². The van der Waals surface area contributed by atoms with Crippen LogP contribution in [0.25, 0.3) is 0 Å². The van der Waals surface area contributed by atoms with Gasteiger partial charge in [0.15, 0.2) is 5.78 Å². The molecular weight excluding hydrogens is 210 g/mol. The number of hydrogen-bond acceptors (Lipinski definition) is 2. The van der Waals surface area contributed by atoms with E-state index in [1.165, 1.54) is 11.1 Å². The second-order valence-electron chi connectivity index (χ2n) is 4.71. The summed E-state index contributed by atoms with van der Waals surface area (Å²) in [5, 5.41) is 0. The normalized spacial score (nSPS) is 19.5. The standard InChI is InChI=1S/C15H19NO/c1-13(17)10-15-8-5-9-16(12-15)11-14-6-3-2-4-7-14/h2-4,6-7,10H,5,8-9,11-12H2,1H3/b15-10-. The summed E-state index contributed by atoms with van der Waals surface area (Å²) in [5.41, 5.74) is 2.62. The molecule has 0 amide bonds. The van der Waals surface area contributed by atoms with Crippen molar-refractivity contribution in [1.29, 1.82) is 0 Å². The van der Waals surface area contributed by atoms with Crippen LogP contribution in [0.5, 0.6) is 0 Å². The second kappa shape index (κ2) is 5.78. The molecule has 0 aromatic heterocycles. The van der Waals surface area contributed by atoms with Gasteiger partial charge in [-0.2, -0.15) is 0 Å². The zero-order valence-electron chi connectivity index (χ0n) is 10.4. The SMILES string of the molecule is CC(=O)/C=C1/CCCN(Cc2ccccc2)C1. The summed E-state index contributed by atoms with van der Waals surface area (Å²) >= 11 is 0. The average Bonchev–Trinajstić information content (AvgIpc) is 2.30. The van der Waals surface area contributed by atoms with Crippen LogP contribution in [0, 0.1) is 0 Å². The summed E-state index contributed by atoms with van der Waals surface area (Å²) in [5.74, 6) is 0.168. The molecule has 2 rings (SSSR count). The van der Waals surface area contributed by atoms with E-state index in [4.69, 9.17) is 0 Å². The van der Waals surface area contributed by atoms with Crippen LogP contribution in [0.15, 0.2) is 42.0 Å². The summed E-state index contributed by atoms with van der Waals surface area (Å²) in [6.07, 6.45) is 4.04. The van der Waals surface area contributed by atoms with E-state index in [2.05, 4.69) is 29.2 Å². The molecule has 1 aromatic rings. The Morgan fingerprint density at radius 1 is 1.35 bits per heavy atom. The molecule has 1 heterocycles. The third-order valence-electron chi connectivity index (χ3n) is 3.06. The van der Waals surface area contributed by atoms with Gasteiger partial charge >= 0.3 is 0 Å². The lowest BCUT2D eigenvalue weighted by atomic mass is 10.0. The van der Waals surface area contributed by atoms with Crippen molar-refractivity contribution in [2.45, 2.75) is 26.3 Å². The third-order valence-corrected chi connectivity index (χ3v) is 3.06. The largest absolute Gasteiger partial charge is 0.295 e. The Bertz CT molecular complexity index is 408. The maximum atomic E-state index is 11.1. The van der Waals surface area contributed by atoms with Gasteiger partial charge < -0.3 is 0 Å². The van der Waals surface area contributed by atoms with Crippen molar-refractivity contribution < 1.29 is 4.79 Å². The highest BCUT2D eigenvalue weighted by molar-refractivity contribution is 5.88. The quantitative estimate of drug-likeness (QED) is 0.743. The summed E-state index contributed by atoms with van der Waals surface area (Å²) in [6.45, 7) is 4.68. The second-order valence-corrected chi connectivity index (χ2v) is 4.71. The predicted octanol–water partition coefficient (Wildman–Crippen LogP) is 2.80. The first-order valence-electron chi connectivity index (χ1n) is 6.20. The molecular formula is C15H19NO. The van der Waals surface area contributed by atoms with Crippen molar-refractivity contribution in [1.82, 2.24) is 4.90 Å². The van der Waals surface area contributed by atoms with E-state index in [1.807, 2.05) is 6.07 Å². The molecule has 0 aliphatic carbocycles. The number of carbonyl (C=O) groups is 1. The highest BCUT2D eigenvalue weighted by Crippen LogP contribution is 2.17. The first-order valence-corrected chi connectivity index (χ1v) is 6.20. The lowest BCUT2D eigenvalue weighted by molar-refractivity contribution is -0.112. The zero-order chi connectivity index (χ0) is 12.1. The Labute approximate surface area is 103 Å². The molecule has 1 aliphatic heterocycles. The van der Waals surface area contributed by atoms with Crippen LogP contribution >= 0.6 is 0 Å². The van der Waals surface area contributed by atoms with Crippen molar-refractivity contribution in [3.63, 3.8) is 0 Å². The lowest BCUT2D eigenvalue weighted by Crippen LogP contribution is -2.30. The maximum Gasteiger partial charge on any atom is 0.152 e. The maximum absolute atomic E-state index is 11.1. The van der Waals surface area contributed by atoms with Gasteiger partial charge in [-0.3, -0.25) is 9.69 Å². The van der Waals surface area contributed by atoms with E-state index in [1.54, 1.807) is 13.0 Å². The number of ketones is 1. The Morgan fingerprint density at radius 2 is 2.12 bits per heavy atom. The van der Waals surface area contributed by atoms with Gasteiger partial charge in [-0.15, -0.1) is 0 Å². The van der Waals surface area contributed by atoms with E-state index < -0.39 is 0 Å². The van der Waals surface area contributed by atoms with Crippen LogP contribution in [0.3, 0.4) is 0 Å². The molecule has 2 nitrogen and oxygen atoms in total. The number of nitrogens with zero attached hydrogens (tertiary/aromatic N) is 1. The lowest BCUT2D eigenvalue weighted by Gasteiger charge is -2.28. The molecule has 1 aliphatic rings. The van der Waals surface area contributed by atoms with Crippen LogP contribution in [-0.2, 0) is 11.3 Å². The molecule has 1 fully saturated rings. The average molecular weight is 229 g/mol. The molecule has 0 saturated carbocycles. The van der Waals surface area contributed by atoms with Gasteiger partial charge in [0.1, 0.15) is 0 Å². The van der Waals surface area contributed by atoms with Crippen molar-refractivity contribution in [2.24, 2.45) is 0 Å². The number of benzene rings is 1. The number of rotatable bonds is 3. The van der Waals surface area contributed by atoms with Crippen molar-refractivity contribution in [3.8, 4) is 0 Å². The number of allylic oxidation sites excluding steroid dienone is 1. The highest BCUT2D eigenvalue weighted by Gasteiger charge is 2.14. The van der Waals surface area contributed by atoms with Gasteiger partial charge in [0.25, 0.3) is 0 Å². The van der Waals surface area contributed by atoms with Crippen LogP contribution in [0.4, 0.5) is 0 Å². The third kappa shape index (κ3) is 3.82. The molecule has 0 bridgehead atoms. The minimum atomic E-state index is 0.168. The number of piperidine rings is 1. The monoisotopic (exact) mass is 229 g/mol. The summed E-state index contributed by atoms with van der Waals surface area (Å²) < 4.78 is 0. The topological polar surface area (TPSA) is 20.3 Å². The molecule has 1 saturated heterocycles. The first kappa shape index (κ1) is 12.1. The van der Waals surface area contributed by atoms with E-state index >= 15 is 0 Å². The molecule has 1 aromatic carbocycles. The van der Waals surface area contributed by atoms with Gasteiger partial charge in [0.05, 0.1) is 0 Å². The minimum absolute atomic E-state index is 0.168. The Hall–Kier alpha value is -1.41. The van der Waals surface area contributed by atoms with E-state index in [9.17, 15) is 4.79 Å². The number of likely N-dealkylation sites (tertiary alicyclic amines) is 1. The molecule has 0 atom stereocenters. The Balaban J connectivity index is 1.96. The molecule has 17 heavy (non-hydrogen) atoms. The van der Waals surface area contributed by atoms with Gasteiger partial charge in [-0.25, -0.2) is 0 Å². The molecule has 0 unspecified atom stereocenters. The van der Waals surface area contributed by atoms with Gasteiger partial charge in [-0.1, -0.05) is 35.9 Å². The zero-order valence-corrected chi connectivity index (χ0v) is 10.4. The summed E-state index contributed by atoms with van der Waals surface area (Å²) in [6, 6.07) is 10.5. The van der Waals surface area contributed by atoms with Crippen molar-refractivity contribution in [2.75, 3.05) is 13.1 Å². The van der Waals surface area contributed by atoms with Gasteiger partial charge in [0, 0.05) is 13.1 Å². The van der Waals surface area contributed by atoms with Crippen LogP contribution in [0.2, 0.25) is 0 Å². The number of hydrogen-bond donors (Lipinski definition) is 0. The number of carbonyl (C=O) groups excluding carboxylic acids is 1. The fraction of sp³-hybridized carbons (Fsp3) is 0.400. The Morgan fingerprint density at radius 3 is 2.82 bits per heavy atom. The smallest absolute Gasteiger partial charge is 0.152 e. The van der Waals surface area contributed by atoms with Crippen LogP contribution in [-0.4, -0.2) is 23.8 Å². The fourth-order valence-corrected chi connectivity index (χ4v) is 2.36. The fourth-order valence-electron chi connectivity index (χ4n) is 2.36. The first-order chi connectivity index (χ1) is 8.24. The minimum Gasteiger partial charge on any atom is -0.295 e. The summed E-state index contributed by atoms with van der Waals surface area (Å²) in [4.78, 5) is 13.5. The molecule has 0 N–H and O–H groups in total. The predicted molar refractivity (Wildman–Crippen MR) is 69.7 cm³/mol. The molecule has 0 radical (unpaired) electrons. The molecule has 90 valence electrons. The van der Waals surface area contributed by atoms with Crippen LogP contribution < -0.4 is 0 Å². The van der Waals surface area contributed by atoms with Crippen LogP contribution in [0.1, 0.15) is 25.3 Å². The summed E-state index contributed by atoms with van der Waals surface area (Å²) in [7, 11) is 0. The highest BCUT2D eigenvalue weighted by atomic mass is 16.1. The van der Waals surface area contributed by atoms with E-state index in [-0.39, 0.29) is 5.78 Å². The van der Waals surface area contributed by atoms with Gasteiger partial charge in [0.2, 0.25) is 0 Å². The Kier molecular flexibility index (Phi) is 4.10. The van der Waals surface area contributed by atoms with Crippen molar-refractivity contribution in [3.05, 3.63) is 47.5 Å². The van der Waals surface area contributed by atoms with E-state index in [0.717, 1.165) is 32.5 Å².